The third-order valence-electron chi connectivity index (χ3n) is 8.43. The molecule has 0 fully saturated rings. The molecule has 0 radical (unpaired) electrons. The monoisotopic (exact) mass is 638 g/mol. The molecular formula is C38H42N2O7. The maximum absolute atomic E-state index is 13.0. The van der Waals surface area contributed by atoms with Crippen molar-refractivity contribution in [1.29, 1.82) is 0 Å². The van der Waals surface area contributed by atoms with Crippen molar-refractivity contribution in [2.24, 2.45) is 16.3 Å². The molecule has 0 bridgehead atoms. The Morgan fingerprint density at radius 2 is 1.55 bits per heavy atom. The minimum absolute atomic E-state index is 0.0732. The van der Waals surface area contributed by atoms with Crippen molar-refractivity contribution in [3.8, 4) is 11.1 Å². The number of hydrogen-bond acceptors (Lipinski definition) is 8. The highest BCUT2D eigenvalue weighted by Crippen LogP contribution is 2.44. The van der Waals surface area contributed by atoms with E-state index in [4.69, 9.17) is 14.5 Å². The molecule has 5 rings (SSSR count). The highest BCUT2D eigenvalue weighted by Gasteiger charge is 2.35. The van der Waals surface area contributed by atoms with Gasteiger partial charge in [-0.25, -0.2) is 9.59 Å². The summed E-state index contributed by atoms with van der Waals surface area (Å²) in [6, 6.07) is 21.6. The van der Waals surface area contributed by atoms with Crippen LogP contribution in [0.25, 0.3) is 11.1 Å². The Bertz CT molecular complexity index is 1660. The van der Waals surface area contributed by atoms with Crippen molar-refractivity contribution in [3.05, 3.63) is 101 Å². The molecule has 246 valence electrons. The lowest BCUT2D eigenvalue weighted by Crippen LogP contribution is -2.44. The van der Waals surface area contributed by atoms with Gasteiger partial charge in [0.25, 0.3) is 0 Å². The lowest BCUT2D eigenvalue weighted by atomic mass is 9.75. The highest BCUT2D eigenvalue weighted by atomic mass is 16.6. The number of aliphatic imine (C=N–C) groups is 1. The van der Waals surface area contributed by atoms with Gasteiger partial charge in [-0.15, -0.1) is 0 Å². The molecule has 0 aromatic heterocycles. The molecule has 0 saturated carbocycles. The number of nitrogens with zero attached hydrogens (tertiary/aromatic N) is 1. The van der Waals surface area contributed by atoms with E-state index in [0.717, 1.165) is 22.3 Å². The number of fused-ring (bicyclic) bond motifs is 3. The van der Waals surface area contributed by atoms with Gasteiger partial charge in [0.05, 0.1) is 23.6 Å². The molecular weight excluding hydrogens is 596 g/mol. The molecule has 47 heavy (non-hydrogen) atoms. The topological polar surface area (TPSA) is 135 Å². The molecule has 3 aromatic rings. The number of Topliss-reactive ketones (excluding diaryl/α,β-unsaturated/α-hetero) is 1. The van der Waals surface area contributed by atoms with Crippen LogP contribution in [-0.2, 0) is 25.7 Å². The van der Waals surface area contributed by atoms with Crippen LogP contribution >= 0.6 is 0 Å². The van der Waals surface area contributed by atoms with Gasteiger partial charge >= 0.3 is 12.1 Å². The normalized spacial score (nSPS) is 16.5. The molecule has 0 spiro atoms. The van der Waals surface area contributed by atoms with Gasteiger partial charge < -0.3 is 25.0 Å². The van der Waals surface area contributed by atoms with Crippen LogP contribution in [0.4, 0.5) is 10.5 Å². The molecule has 0 saturated heterocycles. The van der Waals surface area contributed by atoms with Crippen molar-refractivity contribution < 1.29 is 34.1 Å². The summed E-state index contributed by atoms with van der Waals surface area (Å²) in [7, 11) is 0. The average molecular weight is 639 g/mol. The fourth-order valence-electron chi connectivity index (χ4n) is 6.24. The van der Waals surface area contributed by atoms with E-state index >= 15 is 0 Å². The highest BCUT2D eigenvalue weighted by molar-refractivity contribution is 6.23. The van der Waals surface area contributed by atoms with E-state index < -0.39 is 24.7 Å². The van der Waals surface area contributed by atoms with E-state index in [1.165, 1.54) is 0 Å². The number of rotatable bonds is 11. The first-order chi connectivity index (χ1) is 22.5. The second kappa shape index (κ2) is 14.3. The molecule has 0 heterocycles. The predicted molar refractivity (Wildman–Crippen MR) is 180 cm³/mol. The van der Waals surface area contributed by atoms with Crippen LogP contribution in [0.15, 0.2) is 89.1 Å². The zero-order valence-electron chi connectivity index (χ0n) is 27.3. The van der Waals surface area contributed by atoms with Crippen molar-refractivity contribution in [2.75, 3.05) is 13.2 Å². The number of alkyl carbamates (subject to hydrolysis) is 1. The van der Waals surface area contributed by atoms with Crippen molar-refractivity contribution in [1.82, 2.24) is 5.32 Å². The quantitative estimate of drug-likeness (QED) is 0.153. The number of carbonyl (C=O) groups excluding carboxylic acids is 3. The Morgan fingerprint density at radius 3 is 2.13 bits per heavy atom. The van der Waals surface area contributed by atoms with E-state index in [1.807, 2.05) is 76.2 Å². The number of aliphatic hydroxyl groups is 2. The van der Waals surface area contributed by atoms with Crippen LogP contribution in [0.3, 0.4) is 0 Å². The van der Waals surface area contributed by atoms with Gasteiger partial charge in [-0.3, -0.25) is 9.79 Å². The fourth-order valence-corrected chi connectivity index (χ4v) is 6.24. The molecule has 2 aliphatic carbocycles. The van der Waals surface area contributed by atoms with Crippen LogP contribution in [-0.4, -0.2) is 53.0 Å². The molecule has 2 aliphatic rings. The van der Waals surface area contributed by atoms with Crippen molar-refractivity contribution >= 4 is 29.2 Å². The zero-order valence-corrected chi connectivity index (χ0v) is 27.3. The van der Waals surface area contributed by atoms with E-state index in [9.17, 15) is 24.6 Å². The van der Waals surface area contributed by atoms with Crippen LogP contribution < -0.4 is 5.32 Å². The third kappa shape index (κ3) is 7.97. The van der Waals surface area contributed by atoms with Gasteiger partial charge in [0.1, 0.15) is 19.0 Å². The predicted octanol–water partition coefficient (Wildman–Crippen LogP) is 6.95. The Labute approximate surface area is 275 Å². The number of amides is 1. The summed E-state index contributed by atoms with van der Waals surface area (Å²) in [5.41, 5.74) is 6.17. The lowest BCUT2D eigenvalue weighted by molar-refractivity contribution is -0.148. The number of allylic oxidation sites excluding steroid dienone is 2. The van der Waals surface area contributed by atoms with Gasteiger partial charge in [-0.1, -0.05) is 88.4 Å². The molecule has 1 atom stereocenters. The summed E-state index contributed by atoms with van der Waals surface area (Å²) in [6.45, 7) is 7.31. The largest absolute Gasteiger partial charge is 0.511 e. The second-order valence-electron chi connectivity index (χ2n) is 13.4. The van der Waals surface area contributed by atoms with Gasteiger partial charge in [0, 0.05) is 18.8 Å². The zero-order chi connectivity index (χ0) is 33.7. The molecule has 1 amide bonds. The Kier molecular flexibility index (Phi) is 10.3. The summed E-state index contributed by atoms with van der Waals surface area (Å²) in [5.74, 6) is -0.745. The van der Waals surface area contributed by atoms with E-state index in [1.54, 1.807) is 24.3 Å². The first kappa shape index (κ1) is 33.6. The summed E-state index contributed by atoms with van der Waals surface area (Å²) in [6.07, 6.45) is 0.465. The first-order valence-corrected chi connectivity index (χ1v) is 16.0. The number of nitrogens with one attached hydrogen (secondary N) is 1. The lowest BCUT2D eigenvalue weighted by Gasteiger charge is -2.30. The second-order valence-corrected chi connectivity index (χ2v) is 13.4. The average Bonchev–Trinajstić information content (AvgIpc) is 3.34. The van der Waals surface area contributed by atoms with Gasteiger partial charge in [-0.2, -0.15) is 0 Å². The van der Waals surface area contributed by atoms with Crippen LogP contribution in [0.2, 0.25) is 0 Å². The minimum atomic E-state index is -1.30. The van der Waals surface area contributed by atoms with Gasteiger partial charge in [0.15, 0.2) is 11.8 Å². The van der Waals surface area contributed by atoms with Crippen molar-refractivity contribution in [3.63, 3.8) is 0 Å². The standard InChI is InChI=1S/C38H42N2O7/c1-23(2)17-31(35-33(42)18-38(3,4)19-34(35)43)39-25-15-13-24(14-16-25)21-46-36(44)32(20-41)40-37(45)47-22-30-28-11-7-5-9-26(28)27-10-6-8-12-29(27)30/h5-16,23,30,32,41-42H,17-22H2,1-4H3,(H,40,45)/t32-/m0/s1. The maximum Gasteiger partial charge on any atom is 0.407 e. The third-order valence-corrected chi connectivity index (χ3v) is 8.43. The minimum Gasteiger partial charge on any atom is -0.511 e. The van der Waals surface area contributed by atoms with E-state index in [2.05, 4.69) is 5.32 Å². The summed E-state index contributed by atoms with van der Waals surface area (Å²) >= 11 is 0. The number of hydrogen-bond donors (Lipinski definition) is 3. The fraction of sp³-hybridized carbons (Fsp3) is 0.368. The van der Waals surface area contributed by atoms with Crippen molar-refractivity contribution in [2.45, 2.75) is 65.5 Å². The number of benzene rings is 3. The summed E-state index contributed by atoms with van der Waals surface area (Å²) in [4.78, 5) is 43.1. The van der Waals surface area contributed by atoms with Crippen LogP contribution in [0.1, 0.15) is 69.6 Å². The Morgan fingerprint density at radius 1 is 0.936 bits per heavy atom. The van der Waals surface area contributed by atoms with Crippen LogP contribution in [0, 0.1) is 11.3 Å². The molecule has 9 heteroatoms. The summed E-state index contributed by atoms with van der Waals surface area (Å²) in [5, 5.41) is 23.0. The number of ketones is 1. The van der Waals surface area contributed by atoms with E-state index in [0.29, 0.717) is 41.8 Å². The number of ether oxygens (including phenoxy) is 2. The maximum atomic E-state index is 13.0. The molecule has 0 unspecified atom stereocenters. The number of esters is 1. The summed E-state index contributed by atoms with van der Waals surface area (Å²) < 4.78 is 10.9. The number of carbonyl (C=O) groups is 3. The van der Waals surface area contributed by atoms with Crippen LogP contribution in [0.5, 0.6) is 0 Å². The molecule has 0 aliphatic heterocycles. The Balaban J connectivity index is 1.17. The molecule has 3 aromatic carbocycles. The first-order valence-electron chi connectivity index (χ1n) is 16.0. The van der Waals surface area contributed by atoms with Gasteiger partial charge in [-0.05, 0) is 57.7 Å². The number of aliphatic hydroxyl groups excluding tert-OH is 2. The molecule has 9 nitrogen and oxygen atoms in total. The van der Waals surface area contributed by atoms with Gasteiger partial charge in [0.2, 0.25) is 0 Å². The van der Waals surface area contributed by atoms with E-state index in [-0.39, 0.29) is 42.0 Å². The smallest absolute Gasteiger partial charge is 0.407 e. The molecule has 3 N–H and O–H groups in total. The Hall–Kier alpha value is -4.76. The SMILES string of the molecule is CC(C)CC(=Nc1ccc(COC(=O)[C@H](CO)NC(=O)OCC2c3ccccc3-c3ccccc32)cc1)C1=C(O)CC(C)(C)CC1=O.